The zero-order chi connectivity index (χ0) is 13.9. The van der Waals surface area contributed by atoms with E-state index in [1.165, 1.54) is 38.5 Å². The minimum atomic E-state index is 0.438. The SMILES string of the molecule is CCC1CC(NC2CCCCC2C(C)(C)C)CCO1. The Labute approximate surface area is 119 Å². The highest BCUT2D eigenvalue weighted by atomic mass is 16.5. The molecule has 0 aromatic rings. The molecule has 1 saturated heterocycles. The van der Waals surface area contributed by atoms with Gasteiger partial charge in [-0.3, -0.25) is 0 Å². The van der Waals surface area contributed by atoms with Gasteiger partial charge in [0.05, 0.1) is 6.10 Å². The standard InChI is InChI=1S/C17H33NO/c1-5-14-12-13(10-11-19-14)18-16-9-7-6-8-15(16)17(2,3)4/h13-16,18H,5-12H2,1-4H3. The van der Waals surface area contributed by atoms with Crippen molar-refractivity contribution in [1.29, 1.82) is 0 Å². The van der Waals surface area contributed by atoms with Gasteiger partial charge < -0.3 is 10.1 Å². The monoisotopic (exact) mass is 267 g/mol. The van der Waals surface area contributed by atoms with E-state index in [1.807, 2.05) is 0 Å². The Balaban J connectivity index is 1.92. The van der Waals surface area contributed by atoms with Crippen molar-refractivity contribution >= 4 is 0 Å². The summed E-state index contributed by atoms with van der Waals surface area (Å²) in [6.07, 6.45) is 9.66. The van der Waals surface area contributed by atoms with Crippen LogP contribution in [0.1, 0.15) is 72.6 Å². The summed E-state index contributed by atoms with van der Waals surface area (Å²) in [4.78, 5) is 0. The molecule has 112 valence electrons. The highest BCUT2D eigenvalue weighted by Gasteiger charge is 2.35. The molecule has 2 nitrogen and oxygen atoms in total. The summed E-state index contributed by atoms with van der Waals surface area (Å²) in [5, 5.41) is 4.00. The van der Waals surface area contributed by atoms with E-state index in [4.69, 9.17) is 4.74 Å². The highest BCUT2D eigenvalue weighted by molar-refractivity contribution is 4.91. The van der Waals surface area contributed by atoms with E-state index in [-0.39, 0.29) is 0 Å². The molecular weight excluding hydrogens is 234 g/mol. The third-order valence-corrected chi connectivity index (χ3v) is 5.15. The first-order valence-corrected chi connectivity index (χ1v) is 8.38. The molecule has 0 spiro atoms. The minimum absolute atomic E-state index is 0.438. The molecule has 2 aliphatic rings. The number of hydrogen-bond acceptors (Lipinski definition) is 2. The van der Waals surface area contributed by atoms with Crippen LogP contribution in [0.5, 0.6) is 0 Å². The highest BCUT2D eigenvalue weighted by Crippen LogP contribution is 2.38. The minimum Gasteiger partial charge on any atom is -0.378 e. The van der Waals surface area contributed by atoms with Gasteiger partial charge in [-0.1, -0.05) is 40.5 Å². The first kappa shape index (κ1) is 15.3. The zero-order valence-corrected chi connectivity index (χ0v) is 13.4. The molecule has 0 bridgehead atoms. The van der Waals surface area contributed by atoms with Crippen LogP contribution in [0.2, 0.25) is 0 Å². The molecule has 1 aliphatic carbocycles. The summed E-state index contributed by atoms with van der Waals surface area (Å²) < 4.78 is 5.80. The van der Waals surface area contributed by atoms with E-state index in [9.17, 15) is 0 Å². The van der Waals surface area contributed by atoms with E-state index in [0.717, 1.165) is 25.0 Å². The summed E-state index contributed by atoms with van der Waals surface area (Å²) in [5.74, 6) is 0.837. The summed E-state index contributed by atoms with van der Waals surface area (Å²) in [6, 6.07) is 1.42. The van der Waals surface area contributed by atoms with E-state index in [1.54, 1.807) is 0 Å². The molecule has 2 fully saturated rings. The average Bonchev–Trinajstić information content (AvgIpc) is 2.38. The van der Waals surface area contributed by atoms with Gasteiger partial charge in [0.2, 0.25) is 0 Å². The molecule has 1 N–H and O–H groups in total. The third-order valence-electron chi connectivity index (χ3n) is 5.15. The van der Waals surface area contributed by atoms with Crippen molar-refractivity contribution < 1.29 is 4.74 Å². The quantitative estimate of drug-likeness (QED) is 0.830. The second-order valence-corrected chi connectivity index (χ2v) is 7.65. The molecule has 19 heavy (non-hydrogen) atoms. The zero-order valence-electron chi connectivity index (χ0n) is 13.4. The van der Waals surface area contributed by atoms with Gasteiger partial charge in [0.1, 0.15) is 0 Å². The first-order chi connectivity index (χ1) is 9.00. The van der Waals surface area contributed by atoms with Crippen LogP contribution in [0.25, 0.3) is 0 Å². The topological polar surface area (TPSA) is 21.3 Å². The second kappa shape index (κ2) is 6.58. The van der Waals surface area contributed by atoms with Gasteiger partial charge in [0, 0.05) is 18.7 Å². The van der Waals surface area contributed by atoms with Crippen molar-refractivity contribution in [3.8, 4) is 0 Å². The summed E-state index contributed by atoms with van der Waals surface area (Å²) in [5.41, 5.74) is 0.438. The van der Waals surface area contributed by atoms with Crippen molar-refractivity contribution in [3.05, 3.63) is 0 Å². The van der Waals surface area contributed by atoms with Crippen molar-refractivity contribution in [3.63, 3.8) is 0 Å². The van der Waals surface area contributed by atoms with Crippen LogP contribution >= 0.6 is 0 Å². The Kier molecular flexibility index (Phi) is 5.30. The van der Waals surface area contributed by atoms with Crippen LogP contribution in [-0.2, 0) is 4.74 Å². The maximum atomic E-state index is 5.80. The van der Waals surface area contributed by atoms with Crippen LogP contribution in [0.15, 0.2) is 0 Å². The van der Waals surface area contributed by atoms with Gasteiger partial charge in [0.15, 0.2) is 0 Å². The maximum absolute atomic E-state index is 5.80. The Hall–Kier alpha value is -0.0800. The van der Waals surface area contributed by atoms with Crippen molar-refractivity contribution in [2.45, 2.75) is 90.8 Å². The lowest BCUT2D eigenvalue weighted by molar-refractivity contribution is -0.00722. The fourth-order valence-corrected chi connectivity index (χ4v) is 3.99. The van der Waals surface area contributed by atoms with E-state index in [0.29, 0.717) is 17.6 Å². The normalized spacial score (nSPS) is 37.3. The predicted octanol–water partition coefficient (Wildman–Crippen LogP) is 4.14. The van der Waals surface area contributed by atoms with Gasteiger partial charge in [-0.2, -0.15) is 0 Å². The van der Waals surface area contributed by atoms with Gasteiger partial charge in [0.25, 0.3) is 0 Å². The maximum Gasteiger partial charge on any atom is 0.0587 e. The molecular formula is C17H33NO. The molecule has 2 rings (SSSR count). The van der Waals surface area contributed by atoms with Crippen LogP contribution in [0, 0.1) is 11.3 Å². The van der Waals surface area contributed by atoms with Gasteiger partial charge in [-0.05, 0) is 43.4 Å². The molecule has 0 radical (unpaired) electrons. The first-order valence-electron chi connectivity index (χ1n) is 8.38. The van der Waals surface area contributed by atoms with E-state index < -0.39 is 0 Å². The Morgan fingerprint density at radius 2 is 1.84 bits per heavy atom. The Morgan fingerprint density at radius 3 is 2.53 bits per heavy atom. The second-order valence-electron chi connectivity index (χ2n) is 7.65. The molecule has 0 aromatic heterocycles. The van der Waals surface area contributed by atoms with Crippen molar-refractivity contribution in [1.82, 2.24) is 5.32 Å². The van der Waals surface area contributed by atoms with E-state index >= 15 is 0 Å². The summed E-state index contributed by atoms with van der Waals surface area (Å²) >= 11 is 0. The smallest absolute Gasteiger partial charge is 0.0587 e. The lowest BCUT2D eigenvalue weighted by Crippen LogP contribution is -2.50. The largest absolute Gasteiger partial charge is 0.378 e. The molecule has 2 heteroatoms. The number of ether oxygens (including phenoxy) is 1. The van der Waals surface area contributed by atoms with Crippen LogP contribution in [-0.4, -0.2) is 24.8 Å². The number of rotatable bonds is 3. The Bertz CT molecular complexity index is 271. The van der Waals surface area contributed by atoms with Gasteiger partial charge >= 0.3 is 0 Å². The molecule has 4 atom stereocenters. The van der Waals surface area contributed by atoms with E-state index in [2.05, 4.69) is 33.0 Å². The average molecular weight is 267 g/mol. The fraction of sp³-hybridized carbons (Fsp3) is 1.00. The number of nitrogens with one attached hydrogen (secondary N) is 1. The lowest BCUT2D eigenvalue weighted by atomic mass is 9.69. The molecule has 4 unspecified atom stereocenters. The van der Waals surface area contributed by atoms with Crippen LogP contribution < -0.4 is 5.32 Å². The Morgan fingerprint density at radius 1 is 1.11 bits per heavy atom. The van der Waals surface area contributed by atoms with Crippen LogP contribution in [0.3, 0.4) is 0 Å². The molecule has 0 amide bonds. The lowest BCUT2D eigenvalue weighted by Gasteiger charge is -2.43. The van der Waals surface area contributed by atoms with Gasteiger partial charge in [-0.15, -0.1) is 0 Å². The van der Waals surface area contributed by atoms with Crippen molar-refractivity contribution in [2.75, 3.05) is 6.61 Å². The predicted molar refractivity (Wildman–Crippen MR) is 81.4 cm³/mol. The van der Waals surface area contributed by atoms with Crippen LogP contribution in [0.4, 0.5) is 0 Å². The molecule has 0 aromatic carbocycles. The third kappa shape index (κ3) is 4.19. The fourth-order valence-electron chi connectivity index (χ4n) is 3.99. The van der Waals surface area contributed by atoms with Gasteiger partial charge in [-0.25, -0.2) is 0 Å². The number of hydrogen-bond donors (Lipinski definition) is 1. The summed E-state index contributed by atoms with van der Waals surface area (Å²) in [6.45, 7) is 10.4. The summed E-state index contributed by atoms with van der Waals surface area (Å²) in [7, 11) is 0. The molecule has 1 saturated carbocycles. The van der Waals surface area contributed by atoms with Crippen molar-refractivity contribution in [2.24, 2.45) is 11.3 Å². The molecule has 1 aliphatic heterocycles. The molecule has 1 heterocycles.